The van der Waals surface area contributed by atoms with Crippen LogP contribution in [0.4, 0.5) is 0 Å². The Kier molecular flexibility index (Phi) is 42.1. The van der Waals surface area contributed by atoms with Crippen LogP contribution in [0.15, 0.2) is 72.9 Å². The number of unbranched alkanes of at least 4 members (excludes halogenated alkanes) is 18. The molecule has 58 heavy (non-hydrogen) atoms. The van der Waals surface area contributed by atoms with E-state index in [-0.39, 0.29) is 32.0 Å². The minimum absolute atomic E-state index is 0.00983. The van der Waals surface area contributed by atoms with Crippen LogP contribution in [0, 0.1) is 0 Å². The molecule has 8 nitrogen and oxygen atoms in total. The summed E-state index contributed by atoms with van der Waals surface area (Å²) in [5, 5.41) is 0. The van der Waals surface area contributed by atoms with Gasteiger partial charge in [-0.25, -0.2) is 4.57 Å². The predicted octanol–water partition coefficient (Wildman–Crippen LogP) is 14.9. The topological polar surface area (TPSA) is 108 Å². The summed E-state index contributed by atoms with van der Waals surface area (Å²) in [6.07, 6.45) is 55.3. The van der Waals surface area contributed by atoms with Crippen molar-refractivity contribution >= 4 is 19.8 Å². The van der Waals surface area contributed by atoms with Crippen molar-refractivity contribution in [3.8, 4) is 0 Å². The molecule has 0 amide bonds. The molecule has 0 aromatic heterocycles. The number of ether oxygens (including phenoxy) is 2. The highest BCUT2D eigenvalue weighted by molar-refractivity contribution is 7.47. The van der Waals surface area contributed by atoms with Gasteiger partial charge in [0.1, 0.15) is 6.61 Å². The van der Waals surface area contributed by atoms with Crippen molar-refractivity contribution in [2.24, 2.45) is 0 Å². The Morgan fingerprint density at radius 2 is 0.879 bits per heavy atom. The summed E-state index contributed by atoms with van der Waals surface area (Å²) < 4.78 is 32.7. The molecule has 0 fully saturated rings. The van der Waals surface area contributed by atoms with Crippen molar-refractivity contribution in [1.82, 2.24) is 0 Å². The van der Waals surface area contributed by atoms with Crippen molar-refractivity contribution < 1.29 is 37.6 Å². The standard InChI is InChI=1S/C49H85O8P/c1-4-7-9-11-13-15-17-19-21-23-25-27-29-31-33-35-37-39-41-43-48(50)54-45-47(46-56-58(52,53)55-6-3)57-49(51)44-42-40-38-36-34-32-30-28-26-24-22-20-18-16-14-12-10-8-5-2/h8,10,14,16,19-22,26,28,32,34,47H,4-7,9,11-13,15,17-18,23-25,27,29-31,33,35-46H2,1-3H3,(H,52,53)/b10-8-,16-14-,21-19-,22-20-,28-26-,34-32-. The molecule has 2 atom stereocenters. The molecule has 0 saturated carbocycles. The Morgan fingerprint density at radius 1 is 0.483 bits per heavy atom. The fourth-order valence-electron chi connectivity index (χ4n) is 6.12. The zero-order chi connectivity index (χ0) is 42.5. The highest BCUT2D eigenvalue weighted by atomic mass is 31.2. The van der Waals surface area contributed by atoms with Crippen LogP contribution < -0.4 is 0 Å². The average Bonchev–Trinajstić information content (AvgIpc) is 3.20. The lowest BCUT2D eigenvalue weighted by molar-refractivity contribution is -0.161. The molecular formula is C49H85O8P. The van der Waals surface area contributed by atoms with E-state index in [2.05, 4.69) is 86.8 Å². The third-order valence-corrected chi connectivity index (χ3v) is 10.6. The monoisotopic (exact) mass is 833 g/mol. The smallest absolute Gasteiger partial charge is 0.462 e. The second-order valence-electron chi connectivity index (χ2n) is 15.0. The number of allylic oxidation sites excluding steroid dienone is 12. The summed E-state index contributed by atoms with van der Waals surface area (Å²) in [7, 11) is -4.30. The van der Waals surface area contributed by atoms with E-state index < -0.39 is 26.5 Å². The van der Waals surface area contributed by atoms with Gasteiger partial charge in [0, 0.05) is 12.8 Å². The molecule has 0 aromatic rings. The number of carbonyl (C=O) groups excluding carboxylic acids is 2. The van der Waals surface area contributed by atoms with E-state index in [1.165, 1.54) is 89.9 Å². The quantitative estimate of drug-likeness (QED) is 0.0280. The molecule has 0 bridgehead atoms. The van der Waals surface area contributed by atoms with E-state index >= 15 is 0 Å². The van der Waals surface area contributed by atoms with Crippen LogP contribution in [0.1, 0.15) is 201 Å². The predicted molar refractivity (Wildman–Crippen MR) is 244 cm³/mol. The Bertz CT molecular complexity index is 1170. The maximum Gasteiger partial charge on any atom is 0.472 e. The zero-order valence-corrected chi connectivity index (χ0v) is 38.1. The summed E-state index contributed by atoms with van der Waals surface area (Å²) >= 11 is 0. The van der Waals surface area contributed by atoms with Crippen LogP contribution in [0.25, 0.3) is 0 Å². The van der Waals surface area contributed by atoms with Crippen LogP contribution in [0.2, 0.25) is 0 Å². The molecule has 0 radical (unpaired) electrons. The van der Waals surface area contributed by atoms with Gasteiger partial charge in [0.15, 0.2) is 6.10 Å². The lowest BCUT2D eigenvalue weighted by Gasteiger charge is -2.19. The highest BCUT2D eigenvalue weighted by Gasteiger charge is 2.25. The second-order valence-corrected chi connectivity index (χ2v) is 16.5. The first-order valence-electron chi connectivity index (χ1n) is 23.2. The molecule has 0 saturated heterocycles. The second kappa shape index (κ2) is 44.1. The van der Waals surface area contributed by atoms with Crippen molar-refractivity contribution in [3.05, 3.63) is 72.9 Å². The highest BCUT2D eigenvalue weighted by Crippen LogP contribution is 2.43. The van der Waals surface area contributed by atoms with E-state index in [4.69, 9.17) is 18.5 Å². The summed E-state index contributed by atoms with van der Waals surface area (Å²) in [6.45, 7) is 5.32. The van der Waals surface area contributed by atoms with Crippen molar-refractivity contribution in [1.29, 1.82) is 0 Å². The largest absolute Gasteiger partial charge is 0.472 e. The average molecular weight is 833 g/mol. The Morgan fingerprint density at radius 3 is 1.36 bits per heavy atom. The molecular weight excluding hydrogens is 748 g/mol. The zero-order valence-electron chi connectivity index (χ0n) is 37.2. The lowest BCUT2D eigenvalue weighted by Crippen LogP contribution is -2.29. The number of phosphoric acid groups is 1. The molecule has 0 rings (SSSR count). The van der Waals surface area contributed by atoms with Crippen LogP contribution in [-0.2, 0) is 32.7 Å². The number of esters is 2. The van der Waals surface area contributed by atoms with Crippen LogP contribution in [0.5, 0.6) is 0 Å². The number of hydrogen-bond acceptors (Lipinski definition) is 7. The van der Waals surface area contributed by atoms with Gasteiger partial charge >= 0.3 is 19.8 Å². The molecule has 0 spiro atoms. The Balaban J connectivity index is 4.12. The minimum Gasteiger partial charge on any atom is -0.462 e. The van der Waals surface area contributed by atoms with Gasteiger partial charge in [-0.2, -0.15) is 0 Å². The van der Waals surface area contributed by atoms with Crippen molar-refractivity contribution in [2.45, 2.75) is 207 Å². The molecule has 334 valence electrons. The SMILES string of the molecule is CC/C=C\C/C=C\C/C=C\C/C=C\C/C=C\CCCCCC(=O)OC(COC(=O)CCCCCCCCCCC/C=C\CCCCCCCC)COP(=O)(O)OCC. The van der Waals surface area contributed by atoms with Gasteiger partial charge in [-0.3, -0.25) is 18.6 Å². The molecule has 0 aliphatic rings. The number of rotatable bonds is 42. The molecule has 0 aromatic carbocycles. The van der Waals surface area contributed by atoms with Gasteiger partial charge in [0.2, 0.25) is 0 Å². The van der Waals surface area contributed by atoms with Crippen LogP contribution in [0.3, 0.4) is 0 Å². The third kappa shape index (κ3) is 43.1. The van der Waals surface area contributed by atoms with Gasteiger partial charge in [-0.15, -0.1) is 0 Å². The molecule has 2 unspecified atom stereocenters. The number of phosphoric ester groups is 1. The first-order valence-corrected chi connectivity index (χ1v) is 24.7. The Hall–Kier alpha value is -2.51. The summed E-state index contributed by atoms with van der Waals surface area (Å²) in [5.41, 5.74) is 0. The lowest BCUT2D eigenvalue weighted by atomic mass is 10.1. The first kappa shape index (κ1) is 55.5. The maximum absolute atomic E-state index is 12.6. The van der Waals surface area contributed by atoms with E-state index in [9.17, 15) is 19.0 Å². The maximum atomic E-state index is 12.6. The fourth-order valence-corrected chi connectivity index (χ4v) is 6.88. The summed E-state index contributed by atoms with van der Waals surface area (Å²) in [6, 6.07) is 0. The molecule has 0 aliphatic heterocycles. The van der Waals surface area contributed by atoms with Gasteiger partial charge in [0.25, 0.3) is 0 Å². The minimum atomic E-state index is -4.30. The molecule has 1 N–H and O–H groups in total. The number of hydrogen-bond donors (Lipinski definition) is 1. The normalized spacial score (nSPS) is 13.9. The van der Waals surface area contributed by atoms with Crippen LogP contribution in [-0.4, -0.2) is 42.8 Å². The summed E-state index contributed by atoms with van der Waals surface area (Å²) in [5.74, 6) is -0.839. The molecule has 0 heterocycles. The molecule has 0 aliphatic carbocycles. The van der Waals surface area contributed by atoms with Crippen LogP contribution >= 0.6 is 7.82 Å². The number of carbonyl (C=O) groups is 2. The van der Waals surface area contributed by atoms with Gasteiger partial charge < -0.3 is 14.4 Å². The van der Waals surface area contributed by atoms with Crippen molar-refractivity contribution in [2.75, 3.05) is 19.8 Å². The van der Waals surface area contributed by atoms with E-state index in [0.29, 0.717) is 6.42 Å². The van der Waals surface area contributed by atoms with Gasteiger partial charge in [-0.1, -0.05) is 170 Å². The third-order valence-electron chi connectivity index (χ3n) is 9.50. The van der Waals surface area contributed by atoms with Gasteiger partial charge in [-0.05, 0) is 90.4 Å². The molecule has 9 heteroatoms. The van der Waals surface area contributed by atoms with Crippen molar-refractivity contribution in [3.63, 3.8) is 0 Å². The van der Waals surface area contributed by atoms with E-state index in [1.807, 2.05) is 0 Å². The Labute approximate surface area is 355 Å². The van der Waals surface area contributed by atoms with E-state index in [0.717, 1.165) is 70.6 Å². The summed E-state index contributed by atoms with van der Waals surface area (Å²) in [4.78, 5) is 34.8. The van der Waals surface area contributed by atoms with E-state index in [1.54, 1.807) is 6.92 Å². The first-order chi connectivity index (χ1) is 28.3. The van der Waals surface area contributed by atoms with Gasteiger partial charge in [0.05, 0.1) is 13.2 Å². The fraction of sp³-hybridized carbons (Fsp3) is 0.714.